The summed E-state index contributed by atoms with van der Waals surface area (Å²) in [6.45, 7) is 14.8. The summed E-state index contributed by atoms with van der Waals surface area (Å²) in [7, 11) is 0. The molecule has 4 rings (SSSR count). The van der Waals surface area contributed by atoms with Gasteiger partial charge in [0.15, 0.2) is 0 Å². The third-order valence-corrected chi connectivity index (χ3v) is 9.01. The first-order valence-electron chi connectivity index (χ1n) is 11.5. The van der Waals surface area contributed by atoms with E-state index >= 15 is 0 Å². The number of hydrogen-bond acceptors (Lipinski definition) is 2. The van der Waals surface area contributed by atoms with Crippen LogP contribution in [0.5, 0.6) is 0 Å². The molecule has 27 heavy (non-hydrogen) atoms. The molecule has 4 aliphatic carbocycles. The van der Waals surface area contributed by atoms with Crippen molar-refractivity contribution in [3.05, 3.63) is 11.6 Å². The molecule has 0 spiro atoms. The highest BCUT2D eigenvalue weighted by molar-refractivity contribution is 5.26. The highest BCUT2D eigenvalue weighted by atomic mass is 16.5. The minimum absolute atomic E-state index is 0.251. The van der Waals surface area contributed by atoms with Gasteiger partial charge in [-0.2, -0.15) is 0 Å². The molecule has 0 saturated heterocycles. The van der Waals surface area contributed by atoms with Crippen LogP contribution in [0.15, 0.2) is 11.6 Å². The Labute approximate surface area is 167 Å². The van der Waals surface area contributed by atoms with Crippen molar-refractivity contribution in [2.45, 2.75) is 105 Å². The summed E-state index contributed by atoms with van der Waals surface area (Å²) in [5, 5.41) is 10.6. The van der Waals surface area contributed by atoms with E-state index in [-0.39, 0.29) is 5.41 Å². The van der Waals surface area contributed by atoms with Gasteiger partial charge in [-0.15, -0.1) is 0 Å². The Morgan fingerprint density at radius 2 is 1.78 bits per heavy atom. The van der Waals surface area contributed by atoms with Crippen molar-refractivity contribution < 1.29 is 9.84 Å². The summed E-state index contributed by atoms with van der Waals surface area (Å²) < 4.78 is 6.53. The lowest BCUT2D eigenvalue weighted by atomic mass is 9.47. The Morgan fingerprint density at radius 3 is 2.48 bits per heavy atom. The molecule has 3 fully saturated rings. The maximum absolute atomic E-state index is 10.6. The Hall–Kier alpha value is -0.340. The van der Waals surface area contributed by atoms with E-state index in [4.69, 9.17) is 4.74 Å². The zero-order chi connectivity index (χ0) is 19.7. The predicted octanol–water partition coefficient (Wildman–Crippen LogP) is 6.13. The zero-order valence-electron chi connectivity index (χ0n) is 18.6. The summed E-state index contributed by atoms with van der Waals surface area (Å²) in [5.74, 6) is 2.45. The van der Waals surface area contributed by atoms with Crippen LogP contribution >= 0.6 is 0 Å². The lowest BCUT2D eigenvalue weighted by Gasteiger charge is -2.58. The summed E-state index contributed by atoms with van der Waals surface area (Å²) in [6, 6.07) is 0. The number of hydrogen-bond donors (Lipinski definition) is 1. The third-order valence-electron chi connectivity index (χ3n) is 9.01. The van der Waals surface area contributed by atoms with Gasteiger partial charge >= 0.3 is 0 Å². The second kappa shape index (κ2) is 6.33. The summed E-state index contributed by atoms with van der Waals surface area (Å²) >= 11 is 0. The van der Waals surface area contributed by atoms with Crippen LogP contribution < -0.4 is 0 Å². The molecule has 0 aromatic heterocycles. The average Bonchev–Trinajstić information content (AvgIpc) is 2.89. The molecule has 2 nitrogen and oxygen atoms in total. The minimum Gasteiger partial charge on any atom is -0.390 e. The molecule has 154 valence electrons. The molecule has 0 radical (unpaired) electrons. The van der Waals surface area contributed by atoms with Gasteiger partial charge in [0.25, 0.3) is 0 Å². The molecule has 3 saturated carbocycles. The van der Waals surface area contributed by atoms with Crippen molar-refractivity contribution in [1.82, 2.24) is 0 Å². The first kappa shape index (κ1) is 20.0. The average molecular weight is 375 g/mol. The fourth-order valence-corrected chi connectivity index (χ4v) is 7.38. The van der Waals surface area contributed by atoms with E-state index in [1.54, 1.807) is 5.57 Å². The molecular weight excluding hydrogens is 332 g/mol. The molecular formula is C25H42O2. The molecule has 0 aliphatic heterocycles. The fourth-order valence-electron chi connectivity index (χ4n) is 7.38. The summed E-state index contributed by atoms with van der Waals surface area (Å²) in [6.07, 6.45) is 12.5. The monoisotopic (exact) mass is 374 g/mol. The molecule has 0 aromatic carbocycles. The normalized spacial score (nSPS) is 49.8. The molecule has 2 heteroatoms. The highest BCUT2D eigenvalue weighted by Crippen LogP contribution is 2.65. The van der Waals surface area contributed by atoms with Crippen LogP contribution in [0.25, 0.3) is 0 Å². The quantitative estimate of drug-likeness (QED) is 0.589. The fraction of sp³-hybridized carbons (Fsp3) is 0.920. The topological polar surface area (TPSA) is 29.5 Å². The smallest absolute Gasteiger partial charge is 0.0657 e. The number of fused-ring (bicyclic) bond motifs is 5. The highest BCUT2D eigenvalue weighted by Gasteiger charge is 2.59. The minimum atomic E-state index is -0.486. The van der Waals surface area contributed by atoms with Crippen molar-refractivity contribution in [3.8, 4) is 0 Å². The molecule has 7 atom stereocenters. The number of allylic oxidation sites excluding steroid dienone is 1. The second-order valence-electron chi connectivity index (χ2n) is 12.4. The SMILES string of the molecule is CC(C)(C)CO[C@H]1CCC2C3CC=C4C[C@@](C)(O)CC[C@]4(C)C3CC[C@@]21C. The van der Waals surface area contributed by atoms with Crippen molar-refractivity contribution in [2.75, 3.05) is 6.61 Å². The summed E-state index contributed by atoms with van der Waals surface area (Å²) in [4.78, 5) is 0. The number of rotatable bonds is 2. The van der Waals surface area contributed by atoms with Crippen LogP contribution in [-0.2, 0) is 4.74 Å². The van der Waals surface area contributed by atoms with E-state index in [0.717, 1.165) is 37.2 Å². The van der Waals surface area contributed by atoms with Crippen LogP contribution in [0, 0.1) is 34.0 Å². The lowest BCUT2D eigenvalue weighted by Crippen LogP contribution is -2.52. The third kappa shape index (κ3) is 3.33. The second-order valence-corrected chi connectivity index (χ2v) is 12.4. The molecule has 1 N–H and O–H groups in total. The molecule has 0 heterocycles. The van der Waals surface area contributed by atoms with Crippen LogP contribution in [0.3, 0.4) is 0 Å². The molecule has 3 unspecified atom stereocenters. The van der Waals surface area contributed by atoms with Gasteiger partial charge in [0.1, 0.15) is 0 Å². The molecule has 0 amide bonds. The van der Waals surface area contributed by atoms with Gasteiger partial charge in [0, 0.05) is 0 Å². The van der Waals surface area contributed by atoms with Crippen molar-refractivity contribution in [3.63, 3.8) is 0 Å². The first-order valence-corrected chi connectivity index (χ1v) is 11.5. The Bertz CT molecular complexity index is 612. The largest absolute Gasteiger partial charge is 0.390 e. The predicted molar refractivity (Wildman–Crippen MR) is 112 cm³/mol. The lowest BCUT2D eigenvalue weighted by molar-refractivity contribution is -0.108. The van der Waals surface area contributed by atoms with E-state index in [2.05, 4.69) is 40.7 Å². The van der Waals surface area contributed by atoms with Crippen LogP contribution in [0.2, 0.25) is 0 Å². The van der Waals surface area contributed by atoms with Crippen molar-refractivity contribution >= 4 is 0 Å². The maximum Gasteiger partial charge on any atom is 0.0657 e. The standard InChI is InChI=1S/C25H42O2/c1-22(2,3)16-27-21-10-9-19-18-8-7-17-15-23(4,26)13-14-24(17,5)20(18)11-12-25(19,21)6/h7,18-21,26H,8-16H2,1-6H3/t18?,19?,20?,21-,23-,24-,25-/m0/s1. The van der Waals surface area contributed by atoms with E-state index < -0.39 is 5.60 Å². The Balaban J connectivity index is 1.55. The Morgan fingerprint density at radius 1 is 1.04 bits per heavy atom. The Kier molecular flexibility index (Phi) is 4.68. The van der Waals surface area contributed by atoms with Crippen LogP contribution in [0.1, 0.15) is 92.9 Å². The first-order chi connectivity index (χ1) is 12.4. The van der Waals surface area contributed by atoms with Gasteiger partial charge in [-0.3, -0.25) is 0 Å². The van der Waals surface area contributed by atoms with Gasteiger partial charge < -0.3 is 9.84 Å². The van der Waals surface area contributed by atoms with Gasteiger partial charge in [-0.25, -0.2) is 0 Å². The zero-order valence-corrected chi connectivity index (χ0v) is 18.6. The van der Waals surface area contributed by atoms with E-state index in [1.165, 1.54) is 38.5 Å². The van der Waals surface area contributed by atoms with E-state index in [9.17, 15) is 5.11 Å². The van der Waals surface area contributed by atoms with Gasteiger partial charge in [0.2, 0.25) is 0 Å². The van der Waals surface area contributed by atoms with Gasteiger partial charge in [-0.1, -0.05) is 46.3 Å². The van der Waals surface area contributed by atoms with Crippen LogP contribution in [0.4, 0.5) is 0 Å². The molecule has 4 aliphatic rings. The van der Waals surface area contributed by atoms with Crippen molar-refractivity contribution in [2.24, 2.45) is 34.0 Å². The maximum atomic E-state index is 10.6. The number of ether oxygens (including phenoxy) is 1. The van der Waals surface area contributed by atoms with Gasteiger partial charge in [0.05, 0.1) is 18.3 Å². The molecule has 0 bridgehead atoms. The molecule has 0 aromatic rings. The summed E-state index contributed by atoms with van der Waals surface area (Å²) in [5.41, 5.74) is 2.04. The van der Waals surface area contributed by atoms with Gasteiger partial charge in [-0.05, 0) is 92.3 Å². The van der Waals surface area contributed by atoms with Crippen molar-refractivity contribution in [1.29, 1.82) is 0 Å². The van der Waals surface area contributed by atoms with Crippen LogP contribution in [-0.4, -0.2) is 23.4 Å². The number of aliphatic hydroxyl groups is 1. The van der Waals surface area contributed by atoms with E-state index in [0.29, 0.717) is 16.9 Å². The van der Waals surface area contributed by atoms with E-state index in [1.807, 2.05) is 6.92 Å².